The Morgan fingerprint density at radius 3 is 2.55 bits per heavy atom. The van der Waals surface area contributed by atoms with Gasteiger partial charge in [0.15, 0.2) is 11.5 Å². The van der Waals surface area contributed by atoms with Crippen LogP contribution >= 0.6 is 0 Å². The van der Waals surface area contributed by atoms with E-state index in [1.165, 1.54) is 0 Å². The molecule has 20 heavy (non-hydrogen) atoms. The van der Waals surface area contributed by atoms with Crippen molar-refractivity contribution in [1.82, 2.24) is 5.32 Å². The summed E-state index contributed by atoms with van der Waals surface area (Å²) < 4.78 is 11.2. The Bertz CT molecular complexity index is 445. The highest BCUT2D eigenvalue weighted by atomic mass is 16.5. The lowest BCUT2D eigenvalue weighted by Crippen LogP contribution is -2.33. The third-order valence-electron chi connectivity index (χ3n) is 2.65. The van der Waals surface area contributed by atoms with E-state index in [-0.39, 0.29) is 6.10 Å². The normalized spacial score (nSPS) is 12.2. The van der Waals surface area contributed by atoms with Crippen molar-refractivity contribution in [2.24, 2.45) is 0 Å². The maximum Gasteiger partial charge on any atom is 0.320 e. The molecule has 1 aromatic carbocycles. The van der Waals surface area contributed by atoms with Crippen LogP contribution in [0.2, 0.25) is 0 Å². The highest BCUT2D eigenvalue weighted by molar-refractivity contribution is 5.72. The molecule has 0 radical (unpaired) electrons. The second-order valence-electron chi connectivity index (χ2n) is 4.82. The molecule has 0 aliphatic rings. The molecule has 112 valence electrons. The molecular weight excluding hydrogens is 258 g/mol. The fourth-order valence-corrected chi connectivity index (χ4v) is 1.64. The summed E-state index contributed by atoms with van der Waals surface area (Å²) in [4.78, 5) is 10.8. The number of hydrogen-bond donors (Lipinski definition) is 2. The molecule has 0 aliphatic carbocycles. The summed E-state index contributed by atoms with van der Waals surface area (Å²) in [5.74, 6) is 0.523. The van der Waals surface area contributed by atoms with Gasteiger partial charge in [-0.3, -0.25) is 4.79 Å². The van der Waals surface area contributed by atoms with Crippen LogP contribution in [-0.2, 0) is 11.3 Å². The van der Waals surface area contributed by atoms with Crippen LogP contribution in [0.3, 0.4) is 0 Å². The van der Waals surface area contributed by atoms with E-state index in [2.05, 4.69) is 5.32 Å². The molecule has 0 amide bonds. The third kappa shape index (κ3) is 5.09. The molecule has 0 saturated heterocycles. The Morgan fingerprint density at radius 1 is 1.30 bits per heavy atom. The molecule has 0 aliphatic heterocycles. The predicted octanol–water partition coefficient (Wildman–Crippen LogP) is 2.44. The number of rotatable bonds is 8. The zero-order valence-electron chi connectivity index (χ0n) is 12.5. The number of carboxylic acids is 1. The number of carboxylic acid groups (broad SMARTS) is 1. The van der Waals surface area contributed by atoms with E-state index >= 15 is 0 Å². The van der Waals surface area contributed by atoms with Crippen molar-refractivity contribution in [3.63, 3.8) is 0 Å². The Labute approximate surface area is 119 Å². The summed E-state index contributed by atoms with van der Waals surface area (Å²) in [6.45, 7) is 8.46. The first kappa shape index (κ1) is 16.3. The van der Waals surface area contributed by atoms with Crippen LogP contribution in [0.4, 0.5) is 0 Å². The van der Waals surface area contributed by atoms with Gasteiger partial charge >= 0.3 is 5.97 Å². The van der Waals surface area contributed by atoms with Gasteiger partial charge in [0.1, 0.15) is 6.04 Å². The van der Waals surface area contributed by atoms with Crippen LogP contribution in [0.15, 0.2) is 18.2 Å². The number of aliphatic carboxylic acids is 1. The largest absolute Gasteiger partial charge is 0.490 e. The van der Waals surface area contributed by atoms with E-state index in [4.69, 9.17) is 14.6 Å². The van der Waals surface area contributed by atoms with Gasteiger partial charge in [0.05, 0.1) is 12.7 Å². The van der Waals surface area contributed by atoms with Gasteiger partial charge in [-0.15, -0.1) is 0 Å². The second-order valence-corrected chi connectivity index (χ2v) is 4.82. The van der Waals surface area contributed by atoms with Crippen molar-refractivity contribution in [3.8, 4) is 11.5 Å². The Hall–Kier alpha value is -1.75. The molecule has 0 fully saturated rings. The number of hydrogen-bond acceptors (Lipinski definition) is 4. The fraction of sp³-hybridized carbons (Fsp3) is 0.533. The highest BCUT2D eigenvalue weighted by Gasteiger charge is 2.11. The summed E-state index contributed by atoms with van der Waals surface area (Å²) in [6, 6.07) is 5.05. The van der Waals surface area contributed by atoms with Crippen molar-refractivity contribution in [2.45, 2.75) is 46.4 Å². The van der Waals surface area contributed by atoms with Crippen molar-refractivity contribution < 1.29 is 19.4 Å². The number of nitrogens with one attached hydrogen (secondary N) is 1. The average molecular weight is 281 g/mol. The molecule has 0 aromatic heterocycles. The monoisotopic (exact) mass is 281 g/mol. The maximum absolute atomic E-state index is 10.8. The maximum atomic E-state index is 10.8. The standard InChI is InChI=1S/C15H23NO4/c1-5-19-14-8-12(9-16-11(4)15(17)18)6-7-13(14)20-10(2)3/h6-8,10-11,16H,5,9H2,1-4H3,(H,17,18). The van der Waals surface area contributed by atoms with Gasteiger partial charge in [-0.1, -0.05) is 6.07 Å². The zero-order valence-corrected chi connectivity index (χ0v) is 12.5. The lowest BCUT2D eigenvalue weighted by molar-refractivity contribution is -0.139. The average Bonchev–Trinajstić information content (AvgIpc) is 2.38. The molecule has 1 rings (SSSR count). The van der Waals surface area contributed by atoms with Gasteiger partial charge in [-0.25, -0.2) is 0 Å². The first-order valence-corrected chi connectivity index (χ1v) is 6.82. The molecule has 0 saturated carbocycles. The molecule has 0 spiro atoms. The zero-order chi connectivity index (χ0) is 15.1. The van der Waals surface area contributed by atoms with E-state index in [1.807, 2.05) is 39.0 Å². The topological polar surface area (TPSA) is 67.8 Å². The summed E-state index contributed by atoms with van der Waals surface area (Å²) >= 11 is 0. The molecule has 0 bridgehead atoms. The van der Waals surface area contributed by atoms with Gasteiger partial charge in [0.2, 0.25) is 0 Å². The molecule has 5 heteroatoms. The minimum Gasteiger partial charge on any atom is -0.490 e. The van der Waals surface area contributed by atoms with E-state index in [0.29, 0.717) is 24.7 Å². The van der Waals surface area contributed by atoms with Crippen LogP contribution in [0.1, 0.15) is 33.3 Å². The van der Waals surface area contributed by atoms with Crippen LogP contribution in [0.25, 0.3) is 0 Å². The minimum absolute atomic E-state index is 0.0743. The summed E-state index contributed by atoms with van der Waals surface area (Å²) in [6.07, 6.45) is 0.0743. The molecular formula is C15H23NO4. The smallest absolute Gasteiger partial charge is 0.320 e. The van der Waals surface area contributed by atoms with Crippen molar-refractivity contribution in [1.29, 1.82) is 0 Å². The van der Waals surface area contributed by atoms with Crippen LogP contribution in [-0.4, -0.2) is 29.8 Å². The molecule has 1 atom stereocenters. The first-order chi connectivity index (χ1) is 9.43. The number of carbonyl (C=O) groups is 1. The summed E-state index contributed by atoms with van der Waals surface area (Å²) in [5.41, 5.74) is 0.956. The van der Waals surface area contributed by atoms with Gasteiger partial charge in [0, 0.05) is 6.54 Å². The van der Waals surface area contributed by atoms with Gasteiger partial charge in [0.25, 0.3) is 0 Å². The van der Waals surface area contributed by atoms with E-state index < -0.39 is 12.0 Å². The van der Waals surface area contributed by atoms with E-state index in [9.17, 15) is 4.79 Å². The molecule has 5 nitrogen and oxygen atoms in total. The Kier molecular flexibility index (Phi) is 6.31. The number of benzene rings is 1. The van der Waals surface area contributed by atoms with Gasteiger partial charge in [-0.2, -0.15) is 0 Å². The summed E-state index contributed by atoms with van der Waals surface area (Å²) in [7, 11) is 0. The van der Waals surface area contributed by atoms with Gasteiger partial charge in [-0.05, 0) is 45.4 Å². The lowest BCUT2D eigenvalue weighted by atomic mass is 10.2. The third-order valence-corrected chi connectivity index (χ3v) is 2.65. The Morgan fingerprint density at radius 2 is 2.00 bits per heavy atom. The molecule has 2 N–H and O–H groups in total. The summed E-state index contributed by atoms with van der Waals surface area (Å²) in [5, 5.41) is 11.8. The first-order valence-electron chi connectivity index (χ1n) is 6.82. The van der Waals surface area contributed by atoms with Crippen molar-refractivity contribution in [3.05, 3.63) is 23.8 Å². The van der Waals surface area contributed by atoms with E-state index in [1.54, 1.807) is 6.92 Å². The molecule has 1 unspecified atom stereocenters. The minimum atomic E-state index is -0.866. The quantitative estimate of drug-likeness (QED) is 0.766. The van der Waals surface area contributed by atoms with E-state index in [0.717, 1.165) is 5.56 Å². The SMILES string of the molecule is CCOc1cc(CNC(C)C(=O)O)ccc1OC(C)C. The Balaban J connectivity index is 2.78. The van der Waals surface area contributed by atoms with Crippen LogP contribution < -0.4 is 14.8 Å². The van der Waals surface area contributed by atoms with Gasteiger partial charge < -0.3 is 19.9 Å². The number of ether oxygens (including phenoxy) is 2. The lowest BCUT2D eigenvalue weighted by Gasteiger charge is -2.16. The predicted molar refractivity (Wildman–Crippen MR) is 77.3 cm³/mol. The van der Waals surface area contributed by atoms with Crippen LogP contribution in [0.5, 0.6) is 11.5 Å². The van der Waals surface area contributed by atoms with Crippen molar-refractivity contribution in [2.75, 3.05) is 6.61 Å². The van der Waals surface area contributed by atoms with Crippen LogP contribution in [0, 0.1) is 0 Å². The van der Waals surface area contributed by atoms with Crippen molar-refractivity contribution >= 4 is 5.97 Å². The molecule has 0 heterocycles. The fourth-order valence-electron chi connectivity index (χ4n) is 1.64. The highest BCUT2D eigenvalue weighted by Crippen LogP contribution is 2.29. The second kappa shape index (κ2) is 7.75. The molecule has 1 aromatic rings.